The fourth-order valence-electron chi connectivity index (χ4n) is 5.24. The molecule has 200 valence electrons. The summed E-state index contributed by atoms with van der Waals surface area (Å²) in [7, 11) is 0. The van der Waals surface area contributed by atoms with E-state index < -0.39 is 0 Å². The van der Waals surface area contributed by atoms with Gasteiger partial charge in [0.2, 0.25) is 0 Å². The second-order valence-electron chi connectivity index (χ2n) is 10.8. The van der Waals surface area contributed by atoms with Crippen LogP contribution in [0.2, 0.25) is 0 Å². The third-order valence-electron chi connectivity index (χ3n) is 7.52. The maximum absolute atomic E-state index is 4.27. The molecule has 2 aliphatic rings. The first-order valence-electron chi connectivity index (χ1n) is 15.3. The van der Waals surface area contributed by atoms with E-state index in [0.29, 0.717) is 6.04 Å². The highest BCUT2D eigenvalue weighted by atomic mass is 14.9. The highest BCUT2D eigenvalue weighted by Gasteiger charge is 2.24. The van der Waals surface area contributed by atoms with Gasteiger partial charge in [0, 0.05) is 30.7 Å². The molecule has 0 spiro atoms. The first-order chi connectivity index (χ1) is 17.2. The van der Waals surface area contributed by atoms with Crippen LogP contribution in [0.3, 0.4) is 0 Å². The van der Waals surface area contributed by atoms with Crippen LogP contribution in [0.5, 0.6) is 0 Å². The van der Waals surface area contributed by atoms with Gasteiger partial charge in [0.05, 0.1) is 6.04 Å². The number of hydrogen-bond donors (Lipinski definition) is 3. The van der Waals surface area contributed by atoms with Crippen LogP contribution in [-0.2, 0) is 0 Å². The minimum Gasteiger partial charge on any atom is -0.388 e. The summed E-state index contributed by atoms with van der Waals surface area (Å²) < 4.78 is 0. The monoisotopic (exact) mass is 483 g/mol. The Labute approximate surface area is 218 Å². The SMILES string of the molecule is C=C(CCCCCCCCCCCCCCCCC)NCCC1=CNC2CC=C(NCCC)C=C12. The zero-order valence-electron chi connectivity index (χ0n) is 23.4. The van der Waals surface area contributed by atoms with Gasteiger partial charge in [-0.1, -0.05) is 116 Å². The molecular formula is C32H57N3. The Morgan fingerprint density at radius 3 is 2.03 bits per heavy atom. The van der Waals surface area contributed by atoms with E-state index in [2.05, 4.69) is 54.7 Å². The lowest BCUT2D eigenvalue weighted by atomic mass is 9.93. The third kappa shape index (κ3) is 13.3. The normalized spacial score (nSPS) is 16.7. The molecule has 1 aliphatic heterocycles. The Kier molecular flexibility index (Phi) is 16.5. The predicted octanol–water partition coefficient (Wildman–Crippen LogP) is 8.81. The molecule has 0 aromatic heterocycles. The number of rotatable bonds is 23. The summed E-state index contributed by atoms with van der Waals surface area (Å²) in [5.41, 5.74) is 5.43. The molecule has 1 heterocycles. The average Bonchev–Trinajstić information content (AvgIpc) is 3.27. The molecule has 3 N–H and O–H groups in total. The highest BCUT2D eigenvalue weighted by molar-refractivity contribution is 5.47. The molecule has 1 aliphatic carbocycles. The molecule has 0 radical (unpaired) electrons. The van der Waals surface area contributed by atoms with Crippen molar-refractivity contribution < 1.29 is 0 Å². The number of allylic oxidation sites excluding steroid dienone is 2. The highest BCUT2D eigenvalue weighted by Crippen LogP contribution is 2.29. The van der Waals surface area contributed by atoms with Gasteiger partial charge in [0.15, 0.2) is 0 Å². The van der Waals surface area contributed by atoms with Crippen molar-refractivity contribution in [3.05, 3.63) is 47.5 Å². The molecule has 0 fully saturated rings. The van der Waals surface area contributed by atoms with Gasteiger partial charge >= 0.3 is 0 Å². The minimum absolute atomic E-state index is 0.473. The van der Waals surface area contributed by atoms with E-state index in [0.717, 1.165) is 38.8 Å². The molecule has 1 unspecified atom stereocenters. The van der Waals surface area contributed by atoms with E-state index in [9.17, 15) is 0 Å². The van der Waals surface area contributed by atoms with Crippen LogP contribution in [0.4, 0.5) is 0 Å². The van der Waals surface area contributed by atoms with Crippen LogP contribution >= 0.6 is 0 Å². The number of fused-ring (bicyclic) bond motifs is 1. The van der Waals surface area contributed by atoms with E-state index in [-0.39, 0.29) is 0 Å². The molecule has 3 heteroatoms. The van der Waals surface area contributed by atoms with Crippen LogP contribution in [0.1, 0.15) is 136 Å². The molecule has 35 heavy (non-hydrogen) atoms. The van der Waals surface area contributed by atoms with Gasteiger partial charge in [-0.3, -0.25) is 0 Å². The lowest BCUT2D eigenvalue weighted by Crippen LogP contribution is -2.25. The summed E-state index contributed by atoms with van der Waals surface area (Å²) in [6.07, 6.45) is 32.6. The van der Waals surface area contributed by atoms with Gasteiger partial charge in [-0.15, -0.1) is 0 Å². The molecule has 0 aromatic carbocycles. The van der Waals surface area contributed by atoms with E-state index >= 15 is 0 Å². The summed E-state index contributed by atoms with van der Waals surface area (Å²) in [5.74, 6) is 0. The molecule has 1 atom stereocenters. The fraction of sp³-hybridized carbons (Fsp3) is 0.750. The number of nitrogens with one attached hydrogen (secondary N) is 3. The van der Waals surface area contributed by atoms with E-state index in [1.54, 1.807) is 0 Å². The Hall–Kier alpha value is -1.64. The lowest BCUT2D eigenvalue weighted by molar-refractivity contribution is 0.531. The van der Waals surface area contributed by atoms with Crippen LogP contribution in [0.25, 0.3) is 0 Å². The summed E-state index contributed by atoms with van der Waals surface area (Å²) in [5, 5.41) is 10.7. The topological polar surface area (TPSA) is 36.1 Å². The van der Waals surface area contributed by atoms with Crippen LogP contribution in [-0.4, -0.2) is 19.1 Å². The smallest absolute Gasteiger partial charge is 0.0547 e. The van der Waals surface area contributed by atoms with E-state index in [1.165, 1.54) is 119 Å². The van der Waals surface area contributed by atoms with Crippen molar-refractivity contribution in [1.29, 1.82) is 0 Å². The van der Waals surface area contributed by atoms with Crippen molar-refractivity contribution >= 4 is 0 Å². The lowest BCUT2D eigenvalue weighted by Gasteiger charge is -2.20. The summed E-state index contributed by atoms with van der Waals surface area (Å²) >= 11 is 0. The Morgan fingerprint density at radius 2 is 1.43 bits per heavy atom. The Morgan fingerprint density at radius 1 is 0.829 bits per heavy atom. The van der Waals surface area contributed by atoms with Crippen molar-refractivity contribution in [1.82, 2.24) is 16.0 Å². The van der Waals surface area contributed by atoms with Gasteiger partial charge in [0.25, 0.3) is 0 Å². The van der Waals surface area contributed by atoms with Crippen molar-refractivity contribution in [2.75, 3.05) is 13.1 Å². The molecule has 0 amide bonds. The molecule has 0 bridgehead atoms. The summed E-state index contributed by atoms with van der Waals surface area (Å²) in [6, 6.07) is 0.473. The summed E-state index contributed by atoms with van der Waals surface area (Å²) in [6.45, 7) is 10.8. The first-order valence-corrected chi connectivity index (χ1v) is 15.3. The fourth-order valence-corrected chi connectivity index (χ4v) is 5.24. The van der Waals surface area contributed by atoms with E-state index in [1.807, 2.05) is 0 Å². The van der Waals surface area contributed by atoms with Gasteiger partial charge in [0.1, 0.15) is 0 Å². The predicted molar refractivity (Wildman–Crippen MR) is 155 cm³/mol. The largest absolute Gasteiger partial charge is 0.388 e. The van der Waals surface area contributed by atoms with Gasteiger partial charge in [-0.2, -0.15) is 0 Å². The van der Waals surface area contributed by atoms with Crippen LogP contribution < -0.4 is 16.0 Å². The summed E-state index contributed by atoms with van der Waals surface area (Å²) in [4.78, 5) is 0. The Balaban J connectivity index is 1.39. The first kappa shape index (κ1) is 29.6. The Bertz CT molecular complexity index is 658. The van der Waals surface area contributed by atoms with Gasteiger partial charge in [-0.05, 0) is 49.3 Å². The molecule has 3 nitrogen and oxygen atoms in total. The number of unbranched alkanes of at least 4 members (excludes halogenated alkanes) is 14. The third-order valence-corrected chi connectivity index (χ3v) is 7.52. The average molecular weight is 484 g/mol. The zero-order valence-corrected chi connectivity index (χ0v) is 23.4. The molecule has 2 rings (SSSR count). The van der Waals surface area contributed by atoms with E-state index in [4.69, 9.17) is 0 Å². The van der Waals surface area contributed by atoms with Crippen LogP contribution in [0.15, 0.2) is 47.5 Å². The van der Waals surface area contributed by atoms with Gasteiger partial charge < -0.3 is 16.0 Å². The second-order valence-corrected chi connectivity index (χ2v) is 10.8. The maximum Gasteiger partial charge on any atom is 0.0547 e. The second kappa shape index (κ2) is 19.5. The molecule has 0 saturated carbocycles. The van der Waals surface area contributed by atoms with Crippen molar-refractivity contribution in [2.24, 2.45) is 0 Å². The molecule has 0 aromatic rings. The van der Waals surface area contributed by atoms with Crippen LogP contribution in [0, 0.1) is 0 Å². The standard InChI is InChI=1S/C32H57N3/c1-4-6-7-8-9-10-11-12-13-14-15-16-17-18-19-20-28(3)33-25-23-29-27-35-32-22-21-30(26-31(29)32)34-24-5-2/h21,26-27,32-35H,3-20,22-25H2,1-2H3. The van der Waals surface area contributed by atoms with Crippen molar-refractivity contribution in [2.45, 2.75) is 142 Å². The molecular weight excluding hydrogens is 426 g/mol. The minimum atomic E-state index is 0.473. The number of hydrogen-bond acceptors (Lipinski definition) is 3. The van der Waals surface area contributed by atoms with Crippen molar-refractivity contribution in [3.8, 4) is 0 Å². The zero-order chi connectivity index (χ0) is 25.0. The quantitative estimate of drug-likeness (QED) is 0.127. The van der Waals surface area contributed by atoms with Gasteiger partial charge in [-0.25, -0.2) is 0 Å². The van der Waals surface area contributed by atoms with Crippen molar-refractivity contribution in [3.63, 3.8) is 0 Å². The maximum atomic E-state index is 4.27. The molecule has 0 saturated heterocycles.